The van der Waals surface area contributed by atoms with Crippen LogP contribution in [0.3, 0.4) is 0 Å². The monoisotopic (exact) mass is 546 g/mol. The Kier molecular flexibility index (Phi) is 7.05. The normalized spacial score (nSPS) is 18.6. The van der Waals surface area contributed by atoms with Gasteiger partial charge < -0.3 is 15.1 Å². The summed E-state index contributed by atoms with van der Waals surface area (Å²) in [6, 6.07) is 12.3. The number of aromatic nitrogens is 2. The maximum absolute atomic E-state index is 13.1. The highest BCUT2D eigenvalue weighted by atomic mass is 35.5. The lowest BCUT2D eigenvalue weighted by molar-refractivity contribution is -0.122. The van der Waals surface area contributed by atoms with Crippen molar-refractivity contribution in [2.75, 3.05) is 34.2 Å². The first-order chi connectivity index (χ1) is 17.3. The molecule has 0 radical (unpaired) electrons. The largest absolute Gasteiger partial charge is 0.369 e. The second kappa shape index (κ2) is 10.2. The van der Waals surface area contributed by atoms with Crippen LogP contribution in [0.25, 0.3) is 0 Å². The highest BCUT2D eigenvalue weighted by Crippen LogP contribution is 2.31. The molecular weight excluding hydrogens is 520 g/mol. The third kappa shape index (κ3) is 5.28. The molecule has 1 aromatic heterocycles. The van der Waals surface area contributed by atoms with Gasteiger partial charge in [0, 0.05) is 53.6 Å². The smallest absolute Gasteiger partial charge is 0.263 e. The molecule has 2 atom stereocenters. The predicted molar refractivity (Wildman–Crippen MR) is 143 cm³/mol. The summed E-state index contributed by atoms with van der Waals surface area (Å²) in [5, 5.41) is 4.16. The van der Waals surface area contributed by atoms with Gasteiger partial charge in [0.05, 0.1) is 4.90 Å². The quantitative estimate of drug-likeness (QED) is 0.467. The third-order valence-corrected chi connectivity index (χ3v) is 8.97. The number of benzene rings is 2. The molecule has 3 aromatic rings. The van der Waals surface area contributed by atoms with Gasteiger partial charge >= 0.3 is 0 Å². The summed E-state index contributed by atoms with van der Waals surface area (Å²) >= 11 is 7.14. The second-order valence-electron chi connectivity index (χ2n) is 9.03. The molecule has 0 aliphatic carbocycles. The summed E-state index contributed by atoms with van der Waals surface area (Å²) in [6.07, 6.45) is 4.08. The Morgan fingerprint density at radius 1 is 1.19 bits per heavy atom. The average molecular weight is 547 g/mol. The van der Waals surface area contributed by atoms with Crippen molar-refractivity contribution in [3.8, 4) is 0 Å². The number of nitrogens with one attached hydrogen (secondary N) is 2. The molecule has 12 heteroatoms. The van der Waals surface area contributed by atoms with E-state index in [1.807, 2.05) is 25.1 Å². The van der Waals surface area contributed by atoms with Gasteiger partial charge in [-0.05, 0) is 74.2 Å². The Balaban J connectivity index is 1.19. The minimum Gasteiger partial charge on any atom is -0.369 e. The molecule has 0 unspecified atom stereocenters. The number of fused-ring (bicyclic) bond motifs is 1. The highest BCUT2D eigenvalue weighted by Gasteiger charge is 2.30. The number of nitrogens with zero attached hydrogens (tertiary/aromatic N) is 4. The van der Waals surface area contributed by atoms with E-state index in [0.29, 0.717) is 6.54 Å². The van der Waals surface area contributed by atoms with Crippen LogP contribution >= 0.6 is 23.1 Å². The number of hydrogen-bond donors (Lipinski definition) is 2. The standard InChI is InChI=1S/C24H27ClN6O3S2/c1-16(31-11-2-3-17-13-18(25)4-9-22(17)31)23(32)28-19-10-12-30(14-19)20-5-7-21(8-6-20)36(33,34)29-24-26-15-27-35-24/h4-9,13,15-16,19H,2-3,10-12,14H2,1H3,(H,28,32)(H,26,27,29)/t16-,19-/m1/s1. The summed E-state index contributed by atoms with van der Waals surface area (Å²) in [7, 11) is -3.72. The van der Waals surface area contributed by atoms with Crippen molar-refractivity contribution < 1.29 is 13.2 Å². The maximum atomic E-state index is 13.1. The average Bonchev–Trinajstić information content (AvgIpc) is 3.55. The van der Waals surface area contributed by atoms with Crippen LogP contribution in [0.1, 0.15) is 25.3 Å². The number of anilines is 3. The Labute approximate surface area is 219 Å². The molecule has 3 heterocycles. The molecule has 2 aliphatic heterocycles. The zero-order chi connectivity index (χ0) is 25.3. The molecule has 0 saturated carbocycles. The molecule has 5 rings (SSSR count). The highest BCUT2D eigenvalue weighted by molar-refractivity contribution is 7.93. The van der Waals surface area contributed by atoms with Crippen LogP contribution in [0.2, 0.25) is 5.02 Å². The molecule has 1 amide bonds. The molecule has 1 saturated heterocycles. The summed E-state index contributed by atoms with van der Waals surface area (Å²) in [4.78, 5) is 21.5. The van der Waals surface area contributed by atoms with Crippen LogP contribution in [0.5, 0.6) is 0 Å². The van der Waals surface area contributed by atoms with Crippen LogP contribution in [0.4, 0.5) is 16.5 Å². The molecular formula is C24H27ClN6O3S2. The number of hydrogen-bond acceptors (Lipinski definition) is 8. The van der Waals surface area contributed by atoms with Gasteiger partial charge in [0.15, 0.2) is 0 Å². The summed E-state index contributed by atoms with van der Waals surface area (Å²) in [5.41, 5.74) is 3.18. The third-order valence-electron chi connectivity index (χ3n) is 6.67. The fraction of sp³-hybridized carbons (Fsp3) is 0.375. The van der Waals surface area contributed by atoms with Gasteiger partial charge in [0.2, 0.25) is 11.0 Å². The topological polar surface area (TPSA) is 108 Å². The molecule has 2 aromatic carbocycles. The first-order valence-corrected chi connectivity index (χ1v) is 14.4. The molecule has 36 heavy (non-hydrogen) atoms. The minimum atomic E-state index is -3.72. The van der Waals surface area contributed by atoms with Crippen molar-refractivity contribution in [2.45, 2.75) is 43.2 Å². The number of halogens is 1. The van der Waals surface area contributed by atoms with Gasteiger partial charge in [0.1, 0.15) is 12.4 Å². The van der Waals surface area contributed by atoms with Gasteiger partial charge in [-0.2, -0.15) is 4.37 Å². The van der Waals surface area contributed by atoms with E-state index in [-0.39, 0.29) is 28.0 Å². The SMILES string of the molecule is C[C@H](C(=O)N[C@@H]1CCN(c2ccc(S(=O)(=O)Nc3ncns3)cc2)C1)N1CCCc2cc(Cl)ccc21. The van der Waals surface area contributed by atoms with Crippen molar-refractivity contribution >= 4 is 55.6 Å². The molecule has 2 aliphatic rings. The van der Waals surface area contributed by atoms with Crippen molar-refractivity contribution in [1.82, 2.24) is 14.7 Å². The van der Waals surface area contributed by atoms with Gasteiger partial charge in [-0.1, -0.05) is 11.6 Å². The van der Waals surface area contributed by atoms with E-state index in [9.17, 15) is 13.2 Å². The summed E-state index contributed by atoms with van der Waals surface area (Å²) in [6.45, 7) is 4.23. The second-order valence-corrected chi connectivity index (χ2v) is 11.9. The van der Waals surface area contributed by atoms with E-state index < -0.39 is 10.0 Å². The van der Waals surface area contributed by atoms with E-state index in [0.717, 1.165) is 60.3 Å². The fourth-order valence-electron chi connectivity index (χ4n) is 4.80. The van der Waals surface area contributed by atoms with Crippen LogP contribution < -0.4 is 19.8 Å². The molecule has 9 nitrogen and oxygen atoms in total. The molecule has 2 N–H and O–H groups in total. The van der Waals surface area contributed by atoms with E-state index in [2.05, 4.69) is 29.2 Å². The Morgan fingerprint density at radius 2 is 2.00 bits per heavy atom. The zero-order valence-corrected chi connectivity index (χ0v) is 22.1. The van der Waals surface area contributed by atoms with Crippen molar-refractivity contribution in [1.29, 1.82) is 0 Å². The lowest BCUT2D eigenvalue weighted by atomic mass is 10.00. The number of rotatable bonds is 7. The van der Waals surface area contributed by atoms with Gasteiger partial charge in [-0.15, -0.1) is 0 Å². The Hall–Kier alpha value is -2.89. The lowest BCUT2D eigenvalue weighted by Gasteiger charge is -2.36. The molecule has 0 bridgehead atoms. The van der Waals surface area contributed by atoms with Crippen LogP contribution in [0, 0.1) is 0 Å². The summed E-state index contributed by atoms with van der Waals surface area (Å²) < 4.78 is 31.3. The van der Waals surface area contributed by atoms with Crippen molar-refractivity contribution in [2.24, 2.45) is 0 Å². The van der Waals surface area contributed by atoms with Crippen LogP contribution in [0.15, 0.2) is 53.7 Å². The van der Waals surface area contributed by atoms with Crippen molar-refractivity contribution in [3.05, 3.63) is 59.4 Å². The lowest BCUT2D eigenvalue weighted by Crippen LogP contribution is -2.50. The van der Waals surface area contributed by atoms with E-state index in [1.165, 1.54) is 11.9 Å². The predicted octanol–water partition coefficient (Wildman–Crippen LogP) is 3.53. The van der Waals surface area contributed by atoms with E-state index >= 15 is 0 Å². The number of carbonyl (C=O) groups excluding carboxylic acids is 1. The summed E-state index contributed by atoms with van der Waals surface area (Å²) in [5.74, 6) is 0.00819. The first-order valence-electron chi connectivity index (χ1n) is 11.8. The Morgan fingerprint density at radius 3 is 2.75 bits per heavy atom. The van der Waals surface area contributed by atoms with Gasteiger partial charge in [-0.3, -0.25) is 9.52 Å². The number of carbonyl (C=O) groups is 1. The number of amides is 1. The van der Waals surface area contributed by atoms with E-state index in [1.54, 1.807) is 24.3 Å². The number of aryl methyl sites for hydroxylation is 1. The van der Waals surface area contributed by atoms with Crippen LogP contribution in [-0.4, -0.2) is 55.4 Å². The van der Waals surface area contributed by atoms with Gasteiger partial charge in [0.25, 0.3) is 10.0 Å². The zero-order valence-electron chi connectivity index (χ0n) is 19.7. The minimum absolute atomic E-state index is 0.00819. The maximum Gasteiger partial charge on any atom is 0.263 e. The molecule has 190 valence electrons. The van der Waals surface area contributed by atoms with Crippen LogP contribution in [-0.2, 0) is 21.2 Å². The molecule has 1 fully saturated rings. The van der Waals surface area contributed by atoms with Gasteiger partial charge in [-0.25, -0.2) is 13.4 Å². The first kappa shape index (κ1) is 24.8. The van der Waals surface area contributed by atoms with Crippen molar-refractivity contribution in [3.63, 3.8) is 0 Å². The Bertz CT molecular complexity index is 1330. The van der Waals surface area contributed by atoms with E-state index in [4.69, 9.17) is 11.6 Å². The molecule has 0 spiro atoms. The fourth-order valence-corrected chi connectivity index (χ4v) is 6.66. The number of sulfonamides is 1.